The van der Waals surface area contributed by atoms with Crippen molar-refractivity contribution in [1.29, 1.82) is 0 Å². The lowest BCUT2D eigenvalue weighted by Gasteiger charge is -2.35. The number of hydrogen-bond acceptors (Lipinski definition) is 5. The van der Waals surface area contributed by atoms with Gasteiger partial charge in [-0.25, -0.2) is 4.98 Å². The Morgan fingerprint density at radius 1 is 1.42 bits per heavy atom. The summed E-state index contributed by atoms with van der Waals surface area (Å²) in [6.45, 7) is 9.83. The van der Waals surface area contributed by atoms with E-state index in [9.17, 15) is 4.79 Å². The maximum atomic E-state index is 11.0. The molecule has 1 rings (SSSR count). The number of anilines is 1. The van der Waals surface area contributed by atoms with Crippen molar-refractivity contribution in [2.75, 3.05) is 18.1 Å². The van der Waals surface area contributed by atoms with E-state index in [-0.39, 0.29) is 12.1 Å². The van der Waals surface area contributed by atoms with Crippen LogP contribution in [0.3, 0.4) is 0 Å². The molecule has 6 heteroatoms. The molecule has 0 saturated heterocycles. The van der Waals surface area contributed by atoms with Gasteiger partial charge in [-0.1, -0.05) is 0 Å². The number of carbonyl (C=O) groups is 1. The quantitative estimate of drug-likeness (QED) is 0.877. The highest BCUT2D eigenvalue weighted by atomic mass is 16.5. The lowest BCUT2D eigenvalue weighted by molar-refractivity contribution is -0.135. The number of ether oxygens (including phenoxy) is 1. The second-order valence-corrected chi connectivity index (χ2v) is 5.20. The minimum absolute atomic E-state index is 0.120. The minimum atomic E-state index is -0.899. The first-order chi connectivity index (χ1) is 8.74. The molecule has 106 valence electrons. The molecule has 0 aliphatic rings. The molecule has 1 aromatic rings. The van der Waals surface area contributed by atoms with Gasteiger partial charge in [-0.2, -0.15) is 4.98 Å². The lowest BCUT2D eigenvalue weighted by Crippen LogP contribution is -2.45. The number of carboxylic acid groups (broad SMARTS) is 1. The van der Waals surface area contributed by atoms with Gasteiger partial charge >= 0.3 is 5.97 Å². The van der Waals surface area contributed by atoms with Gasteiger partial charge in [-0.3, -0.25) is 4.79 Å². The highest BCUT2D eigenvalue weighted by molar-refractivity contribution is 5.73. The molecule has 0 spiro atoms. The highest BCUT2D eigenvalue weighted by Crippen LogP contribution is 2.24. The van der Waals surface area contributed by atoms with Crippen LogP contribution in [0.15, 0.2) is 6.07 Å². The normalized spacial score (nSPS) is 11.2. The van der Waals surface area contributed by atoms with Gasteiger partial charge in [0.05, 0.1) is 6.61 Å². The standard InChI is InChI=1S/C13H21N3O3/c1-6-19-11-7-10(14-9(2)15-11)16(8-12(17)18)13(3,4)5/h7H,6,8H2,1-5H3,(H,17,18). The molecule has 0 aromatic carbocycles. The van der Waals surface area contributed by atoms with Gasteiger partial charge in [0.15, 0.2) is 0 Å². The smallest absolute Gasteiger partial charge is 0.323 e. The number of rotatable bonds is 5. The number of aromatic nitrogens is 2. The summed E-state index contributed by atoms with van der Waals surface area (Å²) >= 11 is 0. The first-order valence-corrected chi connectivity index (χ1v) is 6.22. The van der Waals surface area contributed by atoms with E-state index in [1.165, 1.54) is 0 Å². The van der Waals surface area contributed by atoms with Crippen LogP contribution in [0.2, 0.25) is 0 Å². The molecule has 0 bridgehead atoms. The van der Waals surface area contributed by atoms with Gasteiger partial charge in [-0.15, -0.1) is 0 Å². The van der Waals surface area contributed by atoms with E-state index in [0.717, 1.165) is 0 Å². The number of carboxylic acids is 1. The molecule has 0 aliphatic heterocycles. The molecular weight excluding hydrogens is 246 g/mol. The van der Waals surface area contributed by atoms with Crippen molar-refractivity contribution >= 4 is 11.8 Å². The third-order valence-corrected chi connectivity index (χ3v) is 2.47. The predicted octanol–water partition coefficient (Wildman–Crippen LogP) is 1.87. The van der Waals surface area contributed by atoms with Crippen molar-refractivity contribution < 1.29 is 14.6 Å². The van der Waals surface area contributed by atoms with E-state index in [1.807, 2.05) is 27.7 Å². The summed E-state index contributed by atoms with van der Waals surface area (Å²) in [7, 11) is 0. The summed E-state index contributed by atoms with van der Waals surface area (Å²) < 4.78 is 5.37. The molecule has 1 N–H and O–H groups in total. The van der Waals surface area contributed by atoms with Crippen molar-refractivity contribution in [2.45, 2.75) is 40.2 Å². The van der Waals surface area contributed by atoms with E-state index < -0.39 is 5.97 Å². The Labute approximate surface area is 113 Å². The first-order valence-electron chi connectivity index (χ1n) is 6.22. The van der Waals surface area contributed by atoms with Gasteiger partial charge < -0.3 is 14.7 Å². The van der Waals surface area contributed by atoms with Crippen molar-refractivity contribution in [3.8, 4) is 5.88 Å². The molecule has 0 unspecified atom stereocenters. The van der Waals surface area contributed by atoms with Crippen LogP contribution in [0, 0.1) is 6.92 Å². The zero-order valence-corrected chi connectivity index (χ0v) is 12.1. The predicted molar refractivity (Wildman–Crippen MR) is 72.7 cm³/mol. The van der Waals surface area contributed by atoms with Crippen LogP contribution in [-0.2, 0) is 4.79 Å². The van der Waals surface area contributed by atoms with E-state index >= 15 is 0 Å². The minimum Gasteiger partial charge on any atom is -0.480 e. The fraction of sp³-hybridized carbons (Fsp3) is 0.615. The molecule has 19 heavy (non-hydrogen) atoms. The summed E-state index contributed by atoms with van der Waals surface area (Å²) in [6.07, 6.45) is 0. The van der Waals surface area contributed by atoms with E-state index in [4.69, 9.17) is 9.84 Å². The molecular formula is C13H21N3O3. The molecule has 0 fully saturated rings. The Bertz CT molecular complexity index is 455. The summed E-state index contributed by atoms with van der Waals surface area (Å²) in [5.41, 5.74) is -0.358. The second-order valence-electron chi connectivity index (χ2n) is 5.20. The van der Waals surface area contributed by atoms with Crippen LogP contribution >= 0.6 is 0 Å². The van der Waals surface area contributed by atoms with Gasteiger partial charge in [0.25, 0.3) is 0 Å². The highest BCUT2D eigenvalue weighted by Gasteiger charge is 2.25. The first kappa shape index (κ1) is 15.2. The van der Waals surface area contributed by atoms with Crippen LogP contribution < -0.4 is 9.64 Å². The van der Waals surface area contributed by atoms with Gasteiger partial charge in [0, 0.05) is 11.6 Å². The Morgan fingerprint density at radius 3 is 2.53 bits per heavy atom. The zero-order valence-electron chi connectivity index (χ0n) is 12.1. The van der Waals surface area contributed by atoms with Gasteiger partial charge in [0.2, 0.25) is 5.88 Å². The topological polar surface area (TPSA) is 75.5 Å². The van der Waals surface area contributed by atoms with Crippen LogP contribution in [0.25, 0.3) is 0 Å². The summed E-state index contributed by atoms with van der Waals surface area (Å²) in [5.74, 6) is 0.681. The molecule has 1 aromatic heterocycles. The van der Waals surface area contributed by atoms with Gasteiger partial charge in [0.1, 0.15) is 18.2 Å². The molecule has 0 saturated carbocycles. The van der Waals surface area contributed by atoms with Crippen molar-refractivity contribution in [2.24, 2.45) is 0 Å². The summed E-state index contributed by atoms with van der Waals surface area (Å²) in [6, 6.07) is 1.67. The third-order valence-electron chi connectivity index (χ3n) is 2.47. The fourth-order valence-electron chi connectivity index (χ4n) is 1.68. The van der Waals surface area contributed by atoms with Gasteiger partial charge in [-0.05, 0) is 34.6 Å². The molecule has 6 nitrogen and oxygen atoms in total. The maximum absolute atomic E-state index is 11.0. The second kappa shape index (κ2) is 5.86. The lowest BCUT2D eigenvalue weighted by atomic mass is 10.1. The van der Waals surface area contributed by atoms with E-state index in [0.29, 0.717) is 24.1 Å². The summed E-state index contributed by atoms with van der Waals surface area (Å²) in [4.78, 5) is 21.2. The summed E-state index contributed by atoms with van der Waals surface area (Å²) in [5, 5.41) is 9.03. The van der Waals surface area contributed by atoms with E-state index in [2.05, 4.69) is 9.97 Å². The van der Waals surface area contributed by atoms with Crippen LogP contribution in [-0.4, -0.2) is 39.7 Å². The monoisotopic (exact) mass is 267 g/mol. The Morgan fingerprint density at radius 2 is 2.05 bits per heavy atom. The largest absolute Gasteiger partial charge is 0.480 e. The Kier molecular flexibility index (Phi) is 4.69. The Balaban J connectivity index is 3.18. The van der Waals surface area contributed by atoms with Crippen LogP contribution in [0.1, 0.15) is 33.5 Å². The number of aliphatic carboxylic acids is 1. The zero-order chi connectivity index (χ0) is 14.6. The SMILES string of the molecule is CCOc1cc(N(CC(=O)O)C(C)(C)C)nc(C)n1. The third kappa shape index (κ3) is 4.39. The number of nitrogens with zero attached hydrogens (tertiary/aromatic N) is 3. The molecule has 0 amide bonds. The molecule has 0 radical (unpaired) electrons. The van der Waals surface area contributed by atoms with Crippen LogP contribution in [0.5, 0.6) is 5.88 Å². The van der Waals surface area contributed by atoms with Crippen LogP contribution in [0.4, 0.5) is 5.82 Å². The average molecular weight is 267 g/mol. The average Bonchev–Trinajstić information content (AvgIpc) is 2.23. The van der Waals surface area contributed by atoms with Crippen molar-refractivity contribution in [1.82, 2.24) is 9.97 Å². The Hall–Kier alpha value is -1.85. The fourth-order valence-corrected chi connectivity index (χ4v) is 1.68. The molecule has 0 aliphatic carbocycles. The maximum Gasteiger partial charge on any atom is 0.323 e. The number of aryl methyl sites for hydroxylation is 1. The van der Waals surface area contributed by atoms with E-state index in [1.54, 1.807) is 17.9 Å². The number of hydrogen-bond donors (Lipinski definition) is 1. The van der Waals surface area contributed by atoms with Crippen molar-refractivity contribution in [3.63, 3.8) is 0 Å². The van der Waals surface area contributed by atoms with Crippen molar-refractivity contribution in [3.05, 3.63) is 11.9 Å². The molecule has 0 atom stereocenters. The molecule has 1 heterocycles.